The largest absolute Gasteiger partial charge is 0.383 e. The molecule has 0 saturated carbocycles. The van der Waals surface area contributed by atoms with Crippen molar-refractivity contribution in [1.29, 1.82) is 0 Å². The predicted octanol–water partition coefficient (Wildman–Crippen LogP) is 0.674. The second-order valence-corrected chi connectivity index (χ2v) is 6.87. The molecule has 5 nitrogen and oxygen atoms in total. The third-order valence-electron chi connectivity index (χ3n) is 3.38. The van der Waals surface area contributed by atoms with Gasteiger partial charge in [0.05, 0.1) is 12.4 Å². The highest BCUT2D eigenvalue weighted by Crippen LogP contribution is 2.16. The normalized spacial score (nSPS) is 19.2. The second kappa shape index (κ2) is 8.09. The number of piperidine rings is 1. The van der Waals surface area contributed by atoms with Crippen LogP contribution in [0.5, 0.6) is 0 Å². The van der Waals surface area contributed by atoms with Gasteiger partial charge in [-0.2, -0.15) is 0 Å². The second-order valence-electron chi connectivity index (χ2n) is 4.95. The van der Waals surface area contributed by atoms with Crippen molar-refractivity contribution >= 4 is 10.0 Å². The molecule has 6 heteroatoms. The molecule has 1 fully saturated rings. The van der Waals surface area contributed by atoms with Crippen LogP contribution in [0.1, 0.15) is 26.2 Å². The SMILES string of the molecule is CCCS(=O)(=O)NCC1CCN(CCOC)CC1. The fourth-order valence-electron chi connectivity index (χ4n) is 2.22. The van der Waals surface area contributed by atoms with Gasteiger partial charge in [0.1, 0.15) is 0 Å². The molecule has 0 aromatic carbocycles. The van der Waals surface area contributed by atoms with Crippen LogP contribution in [0.3, 0.4) is 0 Å². The van der Waals surface area contributed by atoms with Crippen molar-refractivity contribution in [2.75, 3.05) is 45.6 Å². The molecule has 108 valence electrons. The van der Waals surface area contributed by atoms with Gasteiger partial charge in [0.15, 0.2) is 0 Å². The van der Waals surface area contributed by atoms with Crippen molar-refractivity contribution < 1.29 is 13.2 Å². The lowest BCUT2D eigenvalue weighted by atomic mass is 9.97. The van der Waals surface area contributed by atoms with Gasteiger partial charge < -0.3 is 9.64 Å². The number of hydrogen-bond donors (Lipinski definition) is 1. The highest BCUT2D eigenvalue weighted by Gasteiger charge is 2.20. The van der Waals surface area contributed by atoms with E-state index >= 15 is 0 Å². The lowest BCUT2D eigenvalue weighted by Gasteiger charge is -2.31. The zero-order valence-corrected chi connectivity index (χ0v) is 12.3. The third-order valence-corrected chi connectivity index (χ3v) is 4.94. The number of likely N-dealkylation sites (tertiary alicyclic amines) is 1. The third kappa shape index (κ3) is 6.13. The molecule has 1 aliphatic rings. The number of sulfonamides is 1. The van der Waals surface area contributed by atoms with E-state index in [0.29, 0.717) is 18.9 Å². The van der Waals surface area contributed by atoms with Gasteiger partial charge in [-0.05, 0) is 38.3 Å². The maximum Gasteiger partial charge on any atom is 0.211 e. The van der Waals surface area contributed by atoms with Crippen LogP contribution in [0.2, 0.25) is 0 Å². The summed E-state index contributed by atoms with van der Waals surface area (Å²) < 4.78 is 30.9. The van der Waals surface area contributed by atoms with Crippen LogP contribution in [0.15, 0.2) is 0 Å². The van der Waals surface area contributed by atoms with E-state index in [4.69, 9.17) is 4.74 Å². The molecule has 1 aliphatic heterocycles. The van der Waals surface area contributed by atoms with Crippen LogP contribution in [0.25, 0.3) is 0 Å². The Labute approximate surface area is 111 Å². The van der Waals surface area contributed by atoms with E-state index in [1.165, 1.54) is 0 Å². The fraction of sp³-hybridized carbons (Fsp3) is 1.00. The maximum atomic E-state index is 11.5. The van der Waals surface area contributed by atoms with E-state index in [9.17, 15) is 8.42 Å². The summed E-state index contributed by atoms with van der Waals surface area (Å²) in [5.41, 5.74) is 0. The highest BCUT2D eigenvalue weighted by molar-refractivity contribution is 7.89. The monoisotopic (exact) mass is 278 g/mol. The minimum atomic E-state index is -3.04. The van der Waals surface area contributed by atoms with Crippen LogP contribution in [0.4, 0.5) is 0 Å². The van der Waals surface area contributed by atoms with Crippen molar-refractivity contribution in [3.05, 3.63) is 0 Å². The van der Waals surface area contributed by atoms with Gasteiger partial charge in [0, 0.05) is 20.2 Å². The maximum absolute atomic E-state index is 11.5. The van der Waals surface area contributed by atoms with E-state index in [1.807, 2.05) is 6.92 Å². The molecule has 0 spiro atoms. The molecular formula is C12H26N2O3S. The molecule has 0 aromatic rings. The first-order chi connectivity index (χ1) is 8.57. The van der Waals surface area contributed by atoms with Crippen LogP contribution < -0.4 is 4.72 Å². The molecule has 1 saturated heterocycles. The van der Waals surface area contributed by atoms with Gasteiger partial charge in [-0.3, -0.25) is 0 Å². The van der Waals surface area contributed by atoms with Crippen molar-refractivity contribution in [2.45, 2.75) is 26.2 Å². The zero-order chi connectivity index (χ0) is 13.4. The van der Waals surface area contributed by atoms with Crippen molar-refractivity contribution in [3.8, 4) is 0 Å². The van der Waals surface area contributed by atoms with E-state index in [2.05, 4.69) is 9.62 Å². The quantitative estimate of drug-likeness (QED) is 0.709. The summed E-state index contributed by atoms with van der Waals surface area (Å²) in [6.07, 6.45) is 2.81. The number of rotatable bonds is 8. The average Bonchev–Trinajstić information content (AvgIpc) is 2.35. The summed E-state index contributed by atoms with van der Waals surface area (Å²) in [6, 6.07) is 0. The Kier molecular flexibility index (Phi) is 7.14. The van der Waals surface area contributed by atoms with E-state index in [-0.39, 0.29) is 5.75 Å². The van der Waals surface area contributed by atoms with E-state index in [0.717, 1.165) is 39.1 Å². The Morgan fingerprint density at radius 1 is 1.33 bits per heavy atom. The van der Waals surface area contributed by atoms with Gasteiger partial charge in [0.25, 0.3) is 0 Å². The lowest BCUT2D eigenvalue weighted by Crippen LogP contribution is -2.40. The summed E-state index contributed by atoms with van der Waals surface area (Å²) in [5.74, 6) is 0.718. The van der Waals surface area contributed by atoms with Gasteiger partial charge in [-0.1, -0.05) is 6.92 Å². The van der Waals surface area contributed by atoms with Crippen molar-refractivity contribution in [2.24, 2.45) is 5.92 Å². The summed E-state index contributed by atoms with van der Waals surface area (Å²) in [7, 11) is -1.32. The summed E-state index contributed by atoms with van der Waals surface area (Å²) >= 11 is 0. The summed E-state index contributed by atoms with van der Waals surface area (Å²) in [4.78, 5) is 2.38. The van der Waals surface area contributed by atoms with Crippen LogP contribution >= 0.6 is 0 Å². The Hall–Kier alpha value is -0.170. The van der Waals surface area contributed by atoms with Gasteiger partial charge in [-0.15, -0.1) is 0 Å². The molecule has 0 aromatic heterocycles. The summed E-state index contributed by atoms with van der Waals surface area (Å²) in [6.45, 7) is 6.32. The minimum Gasteiger partial charge on any atom is -0.383 e. The number of methoxy groups -OCH3 is 1. The predicted molar refractivity (Wildman–Crippen MR) is 73.1 cm³/mol. The van der Waals surface area contributed by atoms with Crippen LogP contribution in [-0.2, 0) is 14.8 Å². The molecule has 18 heavy (non-hydrogen) atoms. The molecular weight excluding hydrogens is 252 g/mol. The molecule has 0 bridgehead atoms. The lowest BCUT2D eigenvalue weighted by molar-refractivity contribution is 0.121. The Morgan fingerprint density at radius 3 is 2.56 bits per heavy atom. The first kappa shape index (κ1) is 15.9. The molecule has 0 radical (unpaired) electrons. The number of ether oxygens (including phenoxy) is 1. The minimum absolute atomic E-state index is 0.236. The number of nitrogens with one attached hydrogen (secondary N) is 1. The molecule has 1 N–H and O–H groups in total. The Balaban J connectivity index is 2.19. The average molecular weight is 278 g/mol. The molecule has 1 heterocycles. The van der Waals surface area contributed by atoms with Gasteiger partial charge in [-0.25, -0.2) is 13.1 Å². The molecule has 0 amide bonds. The number of nitrogens with zero attached hydrogens (tertiary/aromatic N) is 1. The number of hydrogen-bond acceptors (Lipinski definition) is 4. The zero-order valence-electron chi connectivity index (χ0n) is 11.5. The first-order valence-electron chi connectivity index (χ1n) is 6.76. The standard InChI is InChI=1S/C12H26N2O3S/c1-3-10-18(15,16)13-11-12-4-6-14(7-5-12)8-9-17-2/h12-13H,3-11H2,1-2H3. The van der Waals surface area contributed by atoms with Gasteiger partial charge >= 0.3 is 0 Å². The van der Waals surface area contributed by atoms with Gasteiger partial charge in [0.2, 0.25) is 10.0 Å². The topological polar surface area (TPSA) is 58.6 Å². The van der Waals surface area contributed by atoms with Crippen LogP contribution in [0, 0.1) is 5.92 Å². The first-order valence-corrected chi connectivity index (χ1v) is 8.41. The Morgan fingerprint density at radius 2 is 2.00 bits per heavy atom. The van der Waals surface area contributed by atoms with E-state index < -0.39 is 10.0 Å². The van der Waals surface area contributed by atoms with E-state index in [1.54, 1.807) is 7.11 Å². The Bertz CT molecular complexity index is 311. The highest BCUT2D eigenvalue weighted by atomic mass is 32.2. The molecule has 0 unspecified atom stereocenters. The molecule has 1 rings (SSSR count). The fourth-order valence-corrected chi connectivity index (χ4v) is 3.39. The molecule has 0 aliphatic carbocycles. The molecule has 0 atom stereocenters. The van der Waals surface area contributed by atoms with Crippen LogP contribution in [-0.4, -0.2) is 59.0 Å². The van der Waals surface area contributed by atoms with Crippen molar-refractivity contribution in [1.82, 2.24) is 9.62 Å². The smallest absolute Gasteiger partial charge is 0.211 e. The summed E-state index contributed by atoms with van der Waals surface area (Å²) in [5, 5.41) is 0. The van der Waals surface area contributed by atoms with Crippen molar-refractivity contribution in [3.63, 3.8) is 0 Å².